The number of halogens is 1. The molecule has 1 aromatic carbocycles. The highest BCUT2D eigenvalue weighted by Crippen LogP contribution is 2.25. The number of rotatable bonds is 2. The van der Waals surface area contributed by atoms with E-state index in [-0.39, 0.29) is 23.2 Å². The number of nitrogen functional groups attached to an aromatic ring is 1. The molecule has 0 saturated heterocycles. The van der Waals surface area contributed by atoms with Gasteiger partial charge in [-0.2, -0.15) is 0 Å². The van der Waals surface area contributed by atoms with Crippen LogP contribution in [0.1, 0.15) is 36.0 Å². The first-order chi connectivity index (χ1) is 8.11. The number of amides is 1. The minimum atomic E-state index is -0.532. The lowest BCUT2D eigenvalue weighted by Crippen LogP contribution is -2.35. The molecule has 0 aliphatic heterocycles. The summed E-state index contributed by atoms with van der Waals surface area (Å²) < 4.78 is 13.3. The number of carbonyl (C=O) groups excluding carboxylic acids is 1. The van der Waals surface area contributed by atoms with Crippen molar-refractivity contribution in [3.8, 4) is 0 Å². The highest BCUT2D eigenvalue weighted by atomic mass is 19.1. The van der Waals surface area contributed by atoms with Crippen LogP contribution in [-0.2, 0) is 0 Å². The Labute approximate surface area is 100 Å². The van der Waals surface area contributed by atoms with E-state index in [1.165, 1.54) is 12.1 Å². The molecule has 0 spiro atoms. The summed E-state index contributed by atoms with van der Waals surface area (Å²) in [5.74, 6) is -0.718. The number of carbonyl (C=O) groups is 1. The molecule has 2 rings (SSSR count). The Morgan fingerprint density at radius 2 is 2.06 bits per heavy atom. The number of para-hydroxylation sites is 1. The minimum absolute atomic E-state index is 0.0534. The second-order valence-corrected chi connectivity index (χ2v) is 4.56. The Hall–Kier alpha value is -1.58. The van der Waals surface area contributed by atoms with Gasteiger partial charge in [-0.15, -0.1) is 0 Å². The summed E-state index contributed by atoms with van der Waals surface area (Å²) in [6.07, 6.45) is 4.36. The molecule has 1 aliphatic carbocycles. The predicted molar refractivity (Wildman–Crippen MR) is 65.2 cm³/mol. The normalized spacial score (nSPS) is 16.1. The minimum Gasteiger partial charge on any atom is -0.396 e. The first-order valence-electron chi connectivity index (χ1n) is 5.92. The van der Waals surface area contributed by atoms with Crippen LogP contribution in [0.15, 0.2) is 18.2 Å². The fourth-order valence-corrected chi connectivity index (χ4v) is 2.37. The third kappa shape index (κ3) is 2.25. The number of hydrogen-bond donors (Lipinski definition) is 1. The van der Waals surface area contributed by atoms with E-state index in [1.807, 2.05) is 0 Å². The van der Waals surface area contributed by atoms with Crippen molar-refractivity contribution in [3.05, 3.63) is 29.6 Å². The van der Waals surface area contributed by atoms with Gasteiger partial charge in [-0.05, 0) is 25.0 Å². The van der Waals surface area contributed by atoms with Crippen molar-refractivity contribution in [1.82, 2.24) is 4.90 Å². The summed E-state index contributed by atoms with van der Waals surface area (Å²) in [6.45, 7) is 0. The molecule has 0 unspecified atom stereocenters. The van der Waals surface area contributed by atoms with Gasteiger partial charge in [0.05, 0.1) is 11.3 Å². The summed E-state index contributed by atoms with van der Waals surface area (Å²) in [7, 11) is 1.77. The van der Waals surface area contributed by atoms with Gasteiger partial charge < -0.3 is 10.6 Å². The average molecular weight is 236 g/mol. The Balaban J connectivity index is 2.21. The zero-order valence-electron chi connectivity index (χ0n) is 9.95. The highest BCUT2D eigenvalue weighted by Gasteiger charge is 2.25. The smallest absolute Gasteiger partial charge is 0.256 e. The van der Waals surface area contributed by atoms with Gasteiger partial charge in [0, 0.05) is 13.1 Å². The highest BCUT2D eigenvalue weighted by molar-refractivity contribution is 5.99. The second-order valence-electron chi connectivity index (χ2n) is 4.56. The molecule has 0 atom stereocenters. The standard InChI is InChI=1S/C13H17FN2O/c1-16(9-5-2-3-6-9)13(17)10-7-4-8-11(14)12(10)15/h4,7-9H,2-3,5-6,15H2,1H3. The maximum Gasteiger partial charge on any atom is 0.256 e. The largest absolute Gasteiger partial charge is 0.396 e. The molecule has 1 fully saturated rings. The summed E-state index contributed by atoms with van der Waals surface area (Å²) in [4.78, 5) is 13.9. The van der Waals surface area contributed by atoms with Gasteiger partial charge in [0.2, 0.25) is 0 Å². The van der Waals surface area contributed by atoms with E-state index < -0.39 is 5.82 Å². The fourth-order valence-electron chi connectivity index (χ4n) is 2.37. The molecule has 4 heteroatoms. The van der Waals surface area contributed by atoms with Gasteiger partial charge in [0.15, 0.2) is 0 Å². The van der Waals surface area contributed by atoms with Gasteiger partial charge in [-0.25, -0.2) is 4.39 Å². The van der Waals surface area contributed by atoms with Gasteiger partial charge in [0.1, 0.15) is 5.82 Å². The van der Waals surface area contributed by atoms with E-state index in [9.17, 15) is 9.18 Å². The van der Waals surface area contributed by atoms with Crippen molar-refractivity contribution < 1.29 is 9.18 Å². The third-order valence-corrected chi connectivity index (χ3v) is 3.48. The quantitative estimate of drug-likeness (QED) is 0.801. The monoisotopic (exact) mass is 236 g/mol. The second kappa shape index (κ2) is 4.73. The number of anilines is 1. The van der Waals surface area contributed by atoms with Crippen molar-refractivity contribution in [2.45, 2.75) is 31.7 Å². The van der Waals surface area contributed by atoms with Crippen LogP contribution in [0.3, 0.4) is 0 Å². The molecule has 2 N–H and O–H groups in total. The summed E-state index contributed by atoms with van der Waals surface area (Å²) in [6, 6.07) is 4.63. The Morgan fingerprint density at radius 1 is 1.41 bits per heavy atom. The Kier molecular flexibility index (Phi) is 3.31. The Morgan fingerprint density at radius 3 is 2.71 bits per heavy atom. The lowest BCUT2D eigenvalue weighted by molar-refractivity contribution is 0.0736. The Bertz CT molecular complexity index is 427. The molecule has 0 aromatic heterocycles. The third-order valence-electron chi connectivity index (χ3n) is 3.48. The zero-order chi connectivity index (χ0) is 12.4. The number of nitrogens with zero attached hydrogens (tertiary/aromatic N) is 1. The molecule has 1 aromatic rings. The molecule has 1 aliphatic rings. The maximum absolute atomic E-state index is 13.3. The lowest BCUT2D eigenvalue weighted by Gasteiger charge is -2.24. The van der Waals surface area contributed by atoms with Crippen molar-refractivity contribution in [2.24, 2.45) is 0 Å². The van der Waals surface area contributed by atoms with Gasteiger partial charge in [-0.1, -0.05) is 18.9 Å². The molecule has 3 nitrogen and oxygen atoms in total. The van der Waals surface area contributed by atoms with Crippen LogP contribution < -0.4 is 5.73 Å². The van der Waals surface area contributed by atoms with E-state index >= 15 is 0 Å². The first-order valence-corrected chi connectivity index (χ1v) is 5.92. The van der Waals surface area contributed by atoms with Crippen molar-refractivity contribution in [2.75, 3.05) is 12.8 Å². The van der Waals surface area contributed by atoms with Gasteiger partial charge in [-0.3, -0.25) is 4.79 Å². The molecule has 0 heterocycles. The first kappa shape index (κ1) is 11.9. The van der Waals surface area contributed by atoms with E-state index in [0.717, 1.165) is 25.7 Å². The average Bonchev–Trinajstić information content (AvgIpc) is 2.84. The molecular formula is C13H17FN2O. The predicted octanol–water partition coefficient (Wildman–Crippen LogP) is 2.42. The summed E-state index contributed by atoms with van der Waals surface area (Å²) in [5.41, 5.74) is 5.81. The zero-order valence-corrected chi connectivity index (χ0v) is 9.95. The summed E-state index contributed by atoms with van der Waals surface area (Å²) >= 11 is 0. The number of hydrogen-bond acceptors (Lipinski definition) is 2. The van der Waals surface area contributed by atoms with Crippen LogP contribution in [0.5, 0.6) is 0 Å². The van der Waals surface area contributed by atoms with E-state index in [0.29, 0.717) is 0 Å². The van der Waals surface area contributed by atoms with Crippen LogP contribution in [0, 0.1) is 5.82 Å². The van der Waals surface area contributed by atoms with Crippen molar-refractivity contribution in [3.63, 3.8) is 0 Å². The number of benzene rings is 1. The SMILES string of the molecule is CN(C(=O)c1cccc(F)c1N)C1CCCC1. The number of nitrogens with two attached hydrogens (primary N) is 1. The van der Waals surface area contributed by atoms with Crippen LogP contribution in [0.2, 0.25) is 0 Å². The van der Waals surface area contributed by atoms with E-state index in [1.54, 1.807) is 18.0 Å². The summed E-state index contributed by atoms with van der Waals surface area (Å²) in [5, 5.41) is 0. The maximum atomic E-state index is 13.3. The fraction of sp³-hybridized carbons (Fsp3) is 0.462. The van der Waals surface area contributed by atoms with Crippen molar-refractivity contribution in [1.29, 1.82) is 0 Å². The lowest BCUT2D eigenvalue weighted by atomic mass is 10.1. The molecular weight excluding hydrogens is 219 g/mol. The van der Waals surface area contributed by atoms with E-state index in [4.69, 9.17) is 5.73 Å². The van der Waals surface area contributed by atoms with Crippen LogP contribution >= 0.6 is 0 Å². The molecule has 92 valence electrons. The van der Waals surface area contributed by atoms with Crippen molar-refractivity contribution >= 4 is 11.6 Å². The molecule has 0 radical (unpaired) electrons. The topological polar surface area (TPSA) is 46.3 Å². The van der Waals surface area contributed by atoms with Crippen LogP contribution in [0.4, 0.5) is 10.1 Å². The van der Waals surface area contributed by atoms with E-state index in [2.05, 4.69) is 0 Å². The van der Waals surface area contributed by atoms with Gasteiger partial charge >= 0.3 is 0 Å². The molecule has 17 heavy (non-hydrogen) atoms. The van der Waals surface area contributed by atoms with Gasteiger partial charge in [0.25, 0.3) is 5.91 Å². The molecule has 0 bridgehead atoms. The van der Waals surface area contributed by atoms with Crippen LogP contribution in [0.25, 0.3) is 0 Å². The molecule has 1 amide bonds. The molecule has 1 saturated carbocycles. The van der Waals surface area contributed by atoms with Crippen LogP contribution in [-0.4, -0.2) is 23.9 Å².